The molecule has 0 aliphatic rings. The van der Waals surface area contributed by atoms with E-state index in [0.29, 0.717) is 0 Å². The van der Waals surface area contributed by atoms with E-state index in [9.17, 15) is 0 Å². The van der Waals surface area contributed by atoms with Crippen LogP contribution in [0.15, 0.2) is 18.7 Å². The predicted molar refractivity (Wildman–Crippen MR) is 54.3 cm³/mol. The summed E-state index contributed by atoms with van der Waals surface area (Å²) in [7, 11) is 1.93. The van der Waals surface area contributed by atoms with Crippen molar-refractivity contribution in [1.29, 1.82) is 0 Å². The highest BCUT2D eigenvalue weighted by Gasteiger charge is 2.09. The fourth-order valence-corrected chi connectivity index (χ4v) is 1.42. The zero-order valence-electron chi connectivity index (χ0n) is 8.33. The van der Waals surface area contributed by atoms with Gasteiger partial charge in [-0.3, -0.25) is 4.68 Å². The minimum absolute atomic E-state index is 0.0733. The smallest absolute Gasteiger partial charge is 0.0597 e. The molecule has 1 heterocycles. The van der Waals surface area contributed by atoms with Crippen molar-refractivity contribution in [2.45, 2.75) is 25.8 Å². The molecule has 2 N–H and O–H groups in total. The van der Waals surface area contributed by atoms with E-state index >= 15 is 0 Å². The summed E-state index contributed by atoms with van der Waals surface area (Å²) < 4.78 is 1.85. The van der Waals surface area contributed by atoms with Crippen molar-refractivity contribution in [1.82, 2.24) is 9.78 Å². The molecule has 1 unspecified atom stereocenters. The Morgan fingerprint density at radius 2 is 2.46 bits per heavy atom. The lowest BCUT2D eigenvalue weighted by Gasteiger charge is -2.09. The SMILES string of the molecule is C=CCCC(N)c1cc(C)nn1C. The van der Waals surface area contributed by atoms with Gasteiger partial charge in [-0.1, -0.05) is 6.08 Å². The minimum Gasteiger partial charge on any atom is -0.323 e. The summed E-state index contributed by atoms with van der Waals surface area (Å²) >= 11 is 0. The lowest BCUT2D eigenvalue weighted by Crippen LogP contribution is -2.14. The molecule has 0 radical (unpaired) electrons. The largest absolute Gasteiger partial charge is 0.323 e. The molecule has 0 spiro atoms. The second-order valence-electron chi connectivity index (χ2n) is 3.31. The molecule has 1 atom stereocenters. The summed E-state index contributed by atoms with van der Waals surface area (Å²) in [6.45, 7) is 5.65. The fourth-order valence-electron chi connectivity index (χ4n) is 1.42. The van der Waals surface area contributed by atoms with E-state index in [2.05, 4.69) is 11.7 Å². The van der Waals surface area contributed by atoms with Crippen LogP contribution in [-0.2, 0) is 7.05 Å². The maximum atomic E-state index is 5.99. The predicted octanol–water partition coefficient (Wildman–Crippen LogP) is 1.69. The van der Waals surface area contributed by atoms with Crippen LogP contribution in [0.4, 0.5) is 0 Å². The molecule has 0 saturated heterocycles. The zero-order valence-corrected chi connectivity index (χ0v) is 8.33. The first-order valence-corrected chi connectivity index (χ1v) is 4.52. The molecule has 0 bridgehead atoms. The van der Waals surface area contributed by atoms with Gasteiger partial charge in [-0.05, 0) is 25.8 Å². The maximum absolute atomic E-state index is 5.99. The highest BCUT2D eigenvalue weighted by atomic mass is 15.3. The topological polar surface area (TPSA) is 43.8 Å². The second kappa shape index (κ2) is 4.23. The maximum Gasteiger partial charge on any atom is 0.0597 e. The Kier molecular flexibility index (Phi) is 3.25. The molecule has 3 nitrogen and oxygen atoms in total. The average Bonchev–Trinajstić information content (AvgIpc) is 2.41. The Balaban J connectivity index is 2.69. The van der Waals surface area contributed by atoms with Gasteiger partial charge in [0.1, 0.15) is 0 Å². The van der Waals surface area contributed by atoms with Gasteiger partial charge in [-0.2, -0.15) is 5.10 Å². The van der Waals surface area contributed by atoms with Gasteiger partial charge in [-0.25, -0.2) is 0 Å². The van der Waals surface area contributed by atoms with Crippen molar-refractivity contribution in [3.63, 3.8) is 0 Å². The van der Waals surface area contributed by atoms with Crippen LogP contribution in [0, 0.1) is 6.92 Å². The summed E-state index contributed by atoms with van der Waals surface area (Å²) in [5, 5.41) is 4.25. The highest BCUT2D eigenvalue weighted by Crippen LogP contribution is 2.15. The van der Waals surface area contributed by atoms with E-state index in [0.717, 1.165) is 24.2 Å². The number of aryl methyl sites for hydroxylation is 2. The Labute approximate surface area is 79.2 Å². The summed E-state index contributed by atoms with van der Waals surface area (Å²) in [4.78, 5) is 0. The molecular weight excluding hydrogens is 162 g/mol. The van der Waals surface area contributed by atoms with Gasteiger partial charge < -0.3 is 5.73 Å². The van der Waals surface area contributed by atoms with Crippen molar-refractivity contribution in [3.05, 3.63) is 30.1 Å². The van der Waals surface area contributed by atoms with Crippen LogP contribution in [0.1, 0.15) is 30.3 Å². The van der Waals surface area contributed by atoms with E-state index in [1.54, 1.807) is 0 Å². The Hall–Kier alpha value is -1.09. The van der Waals surface area contributed by atoms with Gasteiger partial charge in [-0.15, -0.1) is 6.58 Å². The van der Waals surface area contributed by atoms with Crippen molar-refractivity contribution in [3.8, 4) is 0 Å². The molecule has 72 valence electrons. The molecule has 0 aliphatic heterocycles. The molecule has 13 heavy (non-hydrogen) atoms. The first kappa shape index (κ1) is 9.99. The Morgan fingerprint density at radius 1 is 1.77 bits per heavy atom. The number of allylic oxidation sites excluding steroid dienone is 1. The summed E-state index contributed by atoms with van der Waals surface area (Å²) in [6, 6.07) is 2.11. The number of nitrogens with two attached hydrogens (primary N) is 1. The van der Waals surface area contributed by atoms with Crippen LogP contribution in [-0.4, -0.2) is 9.78 Å². The number of rotatable bonds is 4. The Morgan fingerprint density at radius 3 is 2.92 bits per heavy atom. The van der Waals surface area contributed by atoms with Crippen molar-refractivity contribution < 1.29 is 0 Å². The molecule has 0 saturated carbocycles. The lowest BCUT2D eigenvalue weighted by atomic mass is 10.1. The second-order valence-corrected chi connectivity index (χ2v) is 3.31. The average molecular weight is 179 g/mol. The molecule has 0 amide bonds. The third-order valence-corrected chi connectivity index (χ3v) is 2.10. The van der Waals surface area contributed by atoms with Crippen LogP contribution in [0.5, 0.6) is 0 Å². The van der Waals surface area contributed by atoms with E-state index in [1.807, 2.05) is 30.8 Å². The molecule has 1 aromatic rings. The first-order valence-electron chi connectivity index (χ1n) is 4.52. The lowest BCUT2D eigenvalue weighted by molar-refractivity contribution is 0.586. The van der Waals surface area contributed by atoms with Crippen LogP contribution in [0.2, 0.25) is 0 Å². The quantitative estimate of drug-likeness (QED) is 0.715. The van der Waals surface area contributed by atoms with Gasteiger partial charge >= 0.3 is 0 Å². The van der Waals surface area contributed by atoms with Crippen LogP contribution >= 0.6 is 0 Å². The molecule has 1 aromatic heterocycles. The monoisotopic (exact) mass is 179 g/mol. The van der Waals surface area contributed by atoms with E-state index in [4.69, 9.17) is 5.73 Å². The summed E-state index contributed by atoms with van der Waals surface area (Å²) in [5.74, 6) is 0. The van der Waals surface area contributed by atoms with Crippen LogP contribution in [0.25, 0.3) is 0 Å². The first-order chi connectivity index (χ1) is 6.15. The van der Waals surface area contributed by atoms with Gasteiger partial charge in [0, 0.05) is 13.1 Å². The van der Waals surface area contributed by atoms with Gasteiger partial charge in [0.25, 0.3) is 0 Å². The van der Waals surface area contributed by atoms with E-state index < -0.39 is 0 Å². The van der Waals surface area contributed by atoms with Crippen molar-refractivity contribution in [2.75, 3.05) is 0 Å². The Bertz CT molecular complexity index is 288. The molecule has 0 fully saturated rings. The number of hydrogen-bond donors (Lipinski definition) is 1. The van der Waals surface area contributed by atoms with Gasteiger partial charge in [0.2, 0.25) is 0 Å². The minimum atomic E-state index is 0.0733. The van der Waals surface area contributed by atoms with Gasteiger partial charge in [0.05, 0.1) is 11.4 Å². The van der Waals surface area contributed by atoms with E-state index in [-0.39, 0.29) is 6.04 Å². The molecule has 0 aliphatic carbocycles. The molecular formula is C10H17N3. The number of hydrogen-bond acceptors (Lipinski definition) is 2. The zero-order chi connectivity index (χ0) is 9.84. The van der Waals surface area contributed by atoms with E-state index in [1.165, 1.54) is 0 Å². The van der Waals surface area contributed by atoms with Crippen molar-refractivity contribution >= 4 is 0 Å². The summed E-state index contributed by atoms with van der Waals surface area (Å²) in [6.07, 6.45) is 3.77. The third kappa shape index (κ3) is 2.42. The fraction of sp³-hybridized carbons (Fsp3) is 0.500. The number of aromatic nitrogens is 2. The third-order valence-electron chi connectivity index (χ3n) is 2.10. The van der Waals surface area contributed by atoms with Crippen molar-refractivity contribution in [2.24, 2.45) is 12.8 Å². The molecule has 1 rings (SSSR count). The molecule has 3 heteroatoms. The standard InChI is InChI=1S/C10H17N3/c1-4-5-6-9(11)10-7-8(2)12-13(10)3/h4,7,9H,1,5-6,11H2,2-3H3. The molecule has 0 aromatic carbocycles. The summed E-state index contributed by atoms with van der Waals surface area (Å²) in [5.41, 5.74) is 8.10. The normalized spacial score (nSPS) is 12.8. The highest BCUT2D eigenvalue weighted by molar-refractivity contribution is 5.12. The van der Waals surface area contributed by atoms with Crippen LogP contribution in [0.3, 0.4) is 0 Å². The van der Waals surface area contributed by atoms with Gasteiger partial charge in [0.15, 0.2) is 0 Å². The van der Waals surface area contributed by atoms with Crippen LogP contribution < -0.4 is 5.73 Å². The number of nitrogens with zero attached hydrogens (tertiary/aromatic N) is 2.